The predicted molar refractivity (Wildman–Crippen MR) is 139 cm³/mol. The molecule has 0 radical (unpaired) electrons. The van der Waals surface area contributed by atoms with Crippen molar-refractivity contribution in [3.05, 3.63) is 123 Å². The van der Waals surface area contributed by atoms with Gasteiger partial charge in [0.05, 0.1) is 11.3 Å². The second-order valence-electron chi connectivity index (χ2n) is 8.17. The molecule has 0 bridgehead atoms. The van der Waals surface area contributed by atoms with Crippen molar-refractivity contribution in [1.82, 2.24) is 4.98 Å². The van der Waals surface area contributed by atoms with Gasteiger partial charge in [-0.1, -0.05) is 89.0 Å². The molecule has 2 N–H and O–H groups in total. The third-order valence-corrected chi connectivity index (χ3v) is 6.34. The lowest BCUT2D eigenvalue weighted by Crippen LogP contribution is -2.12. The number of aromatic nitrogens is 1. The zero-order chi connectivity index (χ0) is 24.9. The first-order valence-corrected chi connectivity index (χ1v) is 11.6. The summed E-state index contributed by atoms with van der Waals surface area (Å²) in [6.45, 7) is 2.05. The SMILES string of the molecule is Cc1ccccc1[C@H](C/C(=N\O)c1cc(Cl)nc(Cl)c1)c1ccc(-c2ccc(C(=O)O)cc2)cc1. The lowest BCUT2D eigenvalue weighted by Gasteiger charge is -2.21. The van der Waals surface area contributed by atoms with E-state index in [1.807, 2.05) is 36.4 Å². The molecule has 0 aliphatic carbocycles. The number of carbonyl (C=O) groups is 1. The zero-order valence-corrected chi connectivity index (χ0v) is 20.3. The van der Waals surface area contributed by atoms with Crippen molar-refractivity contribution in [2.75, 3.05) is 0 Å². The Morgan fingerprint density at radius 3 is 2.00 bits per heavy atom. The van der Waals surface area contributed by atoms with Crippen LogP contribution in [0, 0.1) is 6.92 Å². The van der Waals surface area contributed by atoms with Crippen molar-refractivity contribution in [2.45, 2.75) is 19.3 Å². The maximum atomic E-state index is 11.1. The van der Waals surface area contributed by atoms with Crippen LogP contribution in [0.25, 0.3) is 11.1 Å². The summed E-state index contributed by atoms with van der Waals surface area (Å²) in [4.78, 5) is 15.1. The highest BCUT2D eigenvalue weighted by Gasteiger charge is 2.21. The van der Waals surface area contributed by atoms with Crippen molar-refractivity contribution in [1.29, 1.82) is 0 Å². The summed E-state index contributed by atoms with van der Waals surface area (Å²) < 4.78 is 0. The summed E-state index contributed by atoms with van der Waals surface area (Å²) in [5.41, 5.74) is 6.46. The van der Waals surface area contributed by atoms with Gasteiger partial charge < -0.3 is 10.3 Å². The Hall–Kier alpha value is -3.67. The topological polar surface area (TPSA) is 82.8 Å². The molecule has 7 heteroatoms. The number of carboxylic acid groups (broad SMARTS) is 1. The second kappa shape index (κ2) is 10.7. The molecule has 1 aromatic heterocycles. The fourth-order valence-corrected chi connectivity index (χ4v) is 4.60. The Morgan fingerprint density at radius 2 is 1.46 bits per heavy atom. The van der Waals surface area contributed by atoms with Crippen molar-refractivity contribution < 1.29 is 15.1 Å². The van der Waals surface area contributed by atoms with E-state index in [1.165, 1.54) is 0 Å². The molecular formula is C28H22Cl2N2O3. The highest BCUT2D eigenvalue weighted by atomic mass is 35.5. The van der Waals surface area contributed by atoms with E-state index >= 15 is 0 Å². The number of hydrogen-bond donors (Lipinski definition) is 2. The van der Waals surface area contributed by atoms with Crippen LogP contribution < -0.4 is 0 Å². The highest BCUT2D eigenvalue weighted by Crippen LogP contribution is 2.34. The van der Waals surface area contributed by atoms with E-state index in [2.05, 4.69) is 29.2 Å². The normalized spacial score (nSPS) is 12.4. The molecule has 3 aromatic carbocycles. The van der Waals surface area contributed by atoms with E-state index < -0.39 is 5.97 Å². The number of oxime groups is 1. The van der Waals surface area contributed by atoms with E-state index in [0.717, 1.165) is 27.8 Å². The van der Waals surface area contributed by atoms with Gasteiger partial charge in [-0.3, -0.25) is 0 Å². The number of pyridine rings is 1. The van der Waals surface area contributed by atoms with E-state index in [-0.39, 0.29) is 21.8 Å². The molecule has 0 aliphatic heterocycles. The quantitative estimate of drug-likeness (QED) is 0.118. The van der Waals surface area contributed by atoms with Gasteiger partial charge in [-0.05, 0) is 59.0 Å². The zero-order valence-electron chi connectivity index (χ0n) is 18.8. The molecule has 35 heavy (non-hydrogen) atoms. The van der Waals surface area contributed by atoms with Gasteiger partial charge in [0.15, 0.2) is 0 Å². The number of halogens is 2. The molecular weight excluding hydrogens is 483 g/mol. The van der Waals surface area contributed by atoms with E-state index in [9.17, 15) is 10.0 Å². The monoisotopic (exact) mass is 504 g/mol. The van der Waals surface area contributed by atoms with Crippen LogP contribution in [0.1, 0.15) is 45.0 Å². The van der Waals surface area contributed by atoms with Gasteiger partial charge in [-0.25, -0.2) is 9.78 Å². The maximum absolute atomic E-state index is 11.1. The number of aromatic carboxylic acids is 1. The van der Waals surface area contributed by atoms with Gasteiger partial charge in [-0.2, -0.15) is 0 Å². The molecule has 5 nitrogen and oxygen atoms in total. The third kappa shape index (κ3) is 5.70. The molecule has 4 aromatic rings. The first-order valence-electron chi connectivity index (χ1n) is 10.9. The van der Waals surface area contributed by atoms with Gasteiger partial charge in [0.25, 0.3) is 0 Å². The highest BCUT2D eigenvalue weighted by molar-refractivity contribution is 6.33. The lowest BCUT2D eigenvalue weighted by atomic mass is 9.83. The maximum Gasteiger partial charge on any atom is 0.335 e. The van der Waals surface area contributed by atoms with Crippen molar-refractivity contribution in [3.63, 3.8) is 0 Å². The van der Waals surface area contributed by atoms with Gasteiger partial charge in [0, 0.05) is 17.9 Å². The molecule has 1 heterocycles. The van der Waals surface area contributed by atoms with Crippen LogP contribution in [0.15, 0.2) is 90.1 Å². The molecule has 0 spiro atoms. The Kier molecular flexibility index (Phi) is 7.49. The summed E-state index contributed by atoms with van der Waals surface area (Å²) in [5, 5.41) is 23.0. The van der Waals surface area contributed by atoms with Crippen LogP contribution in [-0.4, -0.2) is 27.0 Å². The van der Waals surface area contributed by atoms with Crippen LogP contribution in [0.3, 0.4) is 0 Å². The summed E-state index contributed by atoms with van der Waals surface area (Å²) >= 11 is 12.2. The van der Waals surface area contributed by atoms with Crippen LogP contribution in [0.4, 0.5) is 0 Å². The summed E-state index contributed by atoms with van der Waals surface area (Å²) in [6, 6.07) is 26.2. The minimum absolute atomic E-state index is 0.101. The van der Waals surface area contributed by atoms with Crippen LogP contribution in [0.2, 0.25) is 10.3 Å². The average Bonchev–Trinajstić information content (AvgIpc) is 2.85. The Bertz CT molecular complexity index is 1360. The van der Waals surface area contributed by atoms with Gasteiger partial charge in [0.2, 0.25) is 0 Å². The van der Waals surface area contributed by atoms with E-state index in [0.29, 0.717) is 17.7 Å². The largest absolute Gasteiger partial charge is 0.478 e. The molecule has 176 valence electrons. The molecule has 0 amide bonds. The fourth-order valence-electron chi connectivity index (χ4n) is 4.14. The lowest BCUT2D eigenvalue weighted by molar-refractivity contribution is 0.0697. The van der Waals surface area contributed by atoms with E-state index in [4.69, 9.17) is 28.3 Å². The van der Waals surface area contributed by atoms with Crippen molar-refractivity contribution in [3.8, 4) is 11.1 Å². The van der Waals surface area contributed by atoms with Crippen LogP contribution >= 0.6 is 23.2 Å². The minimum atomic E-state index is -0.953. The van der Waals surface area contributed by atoms with Crippen molar-refractivity contribution >= 4 is 34.9 Å². The molecule has 1 atom stereocenters. The number of hydrogen-bond acceptors (Lipinski definition) is 4. The molecule has 0 saturated heterocycles. The fraction of sp³-hybridized carbons (Fsp3) is 0.107. The molecule has 0 aliphatic rings. The van der Waals surface area contributed by atoms with Gasteiger partial charge >= 0.3 is 5.97 Å². The minimum Gasteiger partial charge on any atom is -0.478 e. The Morgan fingerprint density at radius 1 is 0.886 bits per heavy atom. The predicted octanol–water partition coefficient (Wildman–Crippen LogP) is 7.46. The Labute approximate surface area is 213 Å². The number of carboxylic acids is 1. The van der Waals surface area contributed by atoms with Crippen molar-refractivity contribution in [2.24, 2.45) is 5.16 Å². The summed E-state index contributed by atoms with van der Waals surface area (Å²) in [7, 11) is 0. The summed E-state index contributed by atoms with van der Waals surface area (Å²) in [5.74, 6) is -1.05. The number of aryl methyl sites for hydroxylation is 1. The standard InChI is InChI=1S/C28H22Cl2N2O3/c1-17-4-2-3-5-23(17)24(16-25(32-35)22-14-26(29)31-27(30)15-22)20-10-6-18(7-11-20)19-8-12-21(13-9-19)28(33)34/h2-15,24,35H,16H2,1H3,(H,33,34)/b32-25+/t24-/m1/s1. The second-order valence-corrected chi connectivity index (χ2v) is 8.94. The van der Waals surface area contributed by atoms with Gasteiger partial charge in [0.1, 0.15) is 10.3 Å². The average molecular weight is 505 g/mol. The first kappa shape index (κ1) is 24.5. The molecule has 0 fully saturated rings. The smallest absolute Gasteiger partial charge is 0.335 e. The van der Waals surface area contributed by atoms with Crippen LogP contribution in [0.5, 0.6) is 0 Å². The van der Waals surface area contributed by atoms with Crippen LogP contribution in [-0.2, 0) is 0 Å². The van der Waals surface area contributed by atoms with Gasteiger partial charge in [-0.15, -0.1) is 0 Å². The molecule has 0 saturated carbocycles. The Balaban J connectivity index is 1.70. The molecule has 4 rings (SSSR count). The number of benzene rings is 3. The number of rotatable bonds is 7. The first-order chi connectivity index (χ1) is 16.9. The number of nitrogens with zero attached hydrogens (tertiary/aromatic N) is 2. The third-order valence-electron chi connectivity index (χ3n) is 5.96. The summed E-state index contributed by atoms with van der Waals surface area (Å²) in [6.07, 6.45) is 0.407. The van der Waals surface area contributed by atoms with E-state index in [1.54, 1.807) is 36.4 Å². The molecule has 0 unspecified atom stereocenters.